The standard InChI is InChI=1S/C16H21N3O/c1-2-6-14(7-3-1)18-16-17-10-11-19(16)12-13-20-15-8-4-5-9-15/h1-3,6-7,10-11,15H,4-5,8-9,12-13H2,(H,17,18). The van der Waals surface area contributed by atoms with E-state index in [0.717, 1.165) is 24.8 Å². The summed E-state index contributed by atoms with van der Waals surface area (Å²) in [5.41, 5.74) is 1.05. The van der Waals surface area contributed by atoms with Crippen LogP contribution in [0.4, 0.5) is 11.6 Å². The van der Waals surface area contributed by atoms with Gasteiger partial charge in [-0.15, -0.1) is 0 Å². The van der Waals surface area contributed by atoms with Crippen molar-refractivity contribution in [2.24, 2.45) is 0 Å². The summed E-state index contributed by atoms with van der Waals surface area (Å²) >= 11 is 0. The third-order valence-electron chi connectivity index (χ3n) is 3.73. The van der Waals surface area contributed by atoms with Crippen LogP contribution in [0.2, 0.25) is 0 Å². The number of anilines is 2. The lowest BCUT2D eigenvalue weighted by molar-refractivity contribution is 0.0532. The fourth-order valence-electron chi connectivity index (χ4n) is 2.64. The van der Waals surface area contributed by atoms with Crippen LogP contribution in [0, 0.1) is 0 Å². The van der Waals surface area contributed by atoms with Crippen molar-refractivity contribution in [2.45, 2.75) is 38.3 Å². The van der Waals surface area contributed by atoms with Crippen LogP contribution in [0.5, 0.6) is 0 Å². The molecule has 1 heterocycles. The topological polar surface area (TPSA) is 39.1 Å². The summed E-state index contributed by atoms with van der Waals surface area (Å²) in [5.74, 6) is 0.867. The van der Waals surface area contributed by atoms with Gasteiger partial charge in [0.05, 0.1) is 12.7 Å². The molecule has 0 bridgehead atoms. The Bertz CT molecular complexity index is 518. The average molecular weight is 271 g/mol. The van der Waals surface area contributed by atoms with Crippen LogP contribution in [-0.4, -0.2) is 22.3 Å². The molecule has 0 amide bonds. The molecule has 1 aromatic carbocycles. The first kappa shape index (κ1) is 13.2. The van der Waals surface area contributed by atoms with E-state index >= 15 is 0 Å². The van der Waals surface area contributed by atoms with Gasteiger partial charge in [0.2, 0.25) is 5.95 Å². The van der Waals surface area contributed by atoms with Gasteiger partial charge in [0.25, 0.3) is 0 Å². The minimum absolute atomic E-state index is 0.476. The van der Waals surface area contributed by atoms with Crippen molar-refractivity contribution in [3.8, 4) is 0 Å². The summed E-state index contributed by atoms with van der Waals surface area (Å²) in [6.07, 6.45) is 9.36. The van der Waals surface area contributed by atoms with Gasteiger partial charge in [-0.25, -0.2) is 4.98 Å². The minimum atomic E-state index is 0.476. The predicted molar refractivity (Wildman–Crippen MR) is 80.2 cm³/mol. The number of nitrogens with one attached hydrogen (secondary N) is 1. The average Bonchev–Trinajstić information content (AvgIpc) is 3.13. The fourth-order valence-corrected chi connectivity index (χ4v) is 2.64. The number of imidazole rings is 1. The number of rotatable bonds is 6. The lowest BCUT2D eigenvalue weighted by Gasteiger charge is -2.13. The molecular weight excluding hydrogens is 250 g/mol. The highest BCUT2D eigenvalue weighted by molar-refractivity contribution is 5.52. The molecule has 0 atom stereocenters. The van der Waals surface area contributed by atoms with Gasteiger partial charge in [0.1, 0.15) is 0 Å². The summed E-state index contributed by atoms with van der Waals surface area (Å²) in [4.78, 5) is 4.36. The Morgan fingerprint density at radius 3 is 2.80 bits per heavy atom. The lowest BCUT2D eigenvalue weighted by atomic mass is 10.3. The quantitative estimate of drug-likeness (QED) is 0.872. The highest BCUT2D eigenvalue weighted by Crippen LogP contribution is 2.21. The van der Waals surface area contributed by atoms with Crippen molar-refractivity contribution < 1.29 is 4.74 Å². The van der Waals surface area contributed by atoms with Gasteiger partial charge < -0.3 is 14.6 Å². The van der Waals surface area contributed by atoms with Crippen molar-refractivity contribution in [1.82, 2.24) is 9.55 Å². The second kappa shape index (κ2) is 6.57. The van der Waals surface area contributed by atoms with Crippen molar-refractivity contribution >= 4 is 11.6 Å². The zero-order valence-electron chi connectivity index (χ0n) is 11.7. The molecule has 20 heavy (non-hydrogen) atoms. The smallest absolute Gasteiger partial charge is 0.207 e. The van der Waals surface area contributed by atoms with Gasteiger partial charge in [-0.1, -0.05) is 31.0 Å². The van der Waals surface area contributed by atoms with Crippen LogP contribution in [0.3, 0.4) is 0 Å². The Morgan fingerprint density at radius 1 is 1.20 bits per heavy atom. The van der Waals surface area contributed by atoms with Crippen molar-refractivity contribution in [3.05, 3.63) is 42.7 Å². The Kier molecular flexibility index (Phi) is 4.33. The Morgan fingerprint density at radius 2 is 2.00 bits per heavy atom. The molecule has 1 N–H and O–H groups in total. The van der Waals surface area contributed by atoms with Crippen LogP contribution in [-0.2, 0) is 11.3 Å². The SMILES string of the molecule is c1ccc(Nc2nccn2CCOC2CCCC2)cc1. The Balaban J connectivity index is 1.53. The molecule has 0 unspecified atom stereocenters. The molecule has 0 aliphatic heterocycles. The summed E-state index contributed by atoms with van der Waals surface area (Å²) in [5, 5.41) is 3.33. The molecule has 1 aliphatic rings. The molecule has 0 spiro atoms. The molecule has 1 fully saturated rings. The van der Waals surface area contributed by atoms with Gasteiger partial charge in [-0.05, 0) is 25.0 Å². The van der Waals surface area contributed by atoms with E-state index in [4.69, 9.17) is 4.74 Å². The molecule has 1 aliphatic carbocycles. The first-order chi connectivity index (χ1) is 9.92. The van der Waals surface area contributed by atoms with Crippen molar-refractivity contribution in [2.75, 3.05) is 11.9 Å². The zero-order chi connectivity index (χ0) is 13.6. The molecule has 4 nitrogen and oxygen atoms in total. The summed E-state index contributed by atoms with van der Waals surface area (Å²) < 4.78 is 8.00. The first-order valence-electron chi connectivity index (χ1n) is 7.36. The van der Waals surface area contributed by atoms with E-state index in [-0.39, 0.29) is 0 Å². The van der Waals surface area contributed by atoms with E-state index in [0.29, 0.717) is 6.10 Å². The molecular formula is C16H21N3O. The second-order valence-electron chi connectivity index (χ2n) is 5.21. The maximum atomic E-state index is 5.91. The maximum Gasteiger partial charge on any atom is 0.207 e. The Hall–Kier alpha value is -1.81. The molecule has 3 rings (SSSR count). The van der Waals surface area contributed by atoms with E-state index in [1.54, 1.807) is 0 Å². The van der Waals surface area contributed by atoms with Gasteiger partial charge in [-0.3, -0.25) is 0 Å². The number of hydrogen-bond donors (Lipinski definition) is 1. The van der Waals surface area contributed by atoms with Crippen LogP contribution in [0.15, 0.2) is 42.7 Å². The summed E-state index contributed by atoms with van der Waals surface area (Å²) in [6, 6.07) is 10.1. The highest BCUT2D eigenvalue weighted by Gasteiger charge is 2.15. The fraction of sp³-hybridized carbons (Fsp3) is 0.438. The number of para-hydroxylation sites is 1. The third kappa shape index (κ3) is 3.39. The minimum Gasteiger partial charge on any atom is -0.376 e. The van der Waals surface area contributed by atoms with E-state index in [9.17, 15) is 0 Å². The largest absolute Gasteiger partial charge is 0.376 e. The van der Waals surface area contributed by atoms with E-state index in [1.165, 1.54) is 25.7 Å². The van der Waals surface area contributed by atoms with Crippen molar-refractivity contribution in [1.29, 1.82) is 0 Å². The Labute approximate surface area is 119 Å². The number of hydrogen-bond acceptors (Lipinski definition) is 3. The predicted octanol–water partition coefficient (Wildman–Crippen LogP) is 3.59. The normalized spacial score (nSPS) is 15.6. The third-order valence-corrected chi connectivity index (χ3v) is 3.73. The second-order valence-corrected chi connectivity index (χ2v) is 5.21. The lowest BCUT2D eigenvalue weighted by Crippen LogP contribution is -2.14. The maximum absolute atomic E-state index is 5.91. The monoisotopic (exact) mass is 271 g/mol. The number of nitrogens with zero attached hydrogens (tertiary/aromatic N) is 2. The number of benzene rings is 1. The van der Waals surface area contributed by atoms with Crippen LogP contribution >= 0.6 is 0 Å². The molecule has 4 heteroatoms. The highest BCUT2D eigenvalue weighted by atomic mass is 16.5. The van der Waals surface area contributed by atoms with Crippen LogP contribution in [0.1, 0.15) is 25.7 Å². The van der Waals surface area contributed by atoms with E-state index < -0.39 is 0 Å². The number of ether oxygens (including phenoxy) is 1. The van der Waals surface area contributed by atoms with Gasteiger partial charge in [-0.2, -0.15) is 0 Å². The number of aromatic nitrogens is 2. The first-order valence-corrected chi connectivity index (χ1v) is 7.36. The van der Waals surface area contributed by atoms with Crippen LogP contribution in [0.25, 0.3) is 0 Å². The van der Waals surface area contributed by atoms with Crippen LogP contribution < -0.4 is 5.32 Å². The molecule has 1 aromatic heterocycles. The summed E-state index contributed by atoms with van der Waals surface area (Å²) in [7, 11) is 0. The van der Waals surface area contributed by atoms with Gasteiger partial charge in [0.15, 0.2) is 0 Å². The molecule has 0 radical (unpaired) electrons. The van der Waals surface area contributed by atoms with Crippen molar-refractivity contribution in [3.63, 3.8) is 0 Å². The summed E-state index contributed by atoms with van der Waals surface area (Å²) in [6.45, 7) is 1.59. The molecule has 1 saturated carbocycles. The molecule has 106 valence electrons. The van der Waals surface area contributed by atoms with E-state index in [1.807, 2.05) is 42.7 Å². The van der Waals surface area contributed by atoms with E-state index in [2.05, 4.69) is 14.9 Å². The van der Waals surface area contributed by atoms with Gasteiger partial charge >= 0.3 is 0 Å². The zero-order valence-corrected chi connectivity index (χ0v) is 11.7. The van der Waals surface area contributed by atoms with Gasteiger partial charge in [0, 0.05) is 24.6 Å². The molecule has 2 aromatic rings. The molecule has 0 saturated heterocycles.